The van der Waals surface area contributed by atoms with E-state index in [4.69, 9.17) is 5.73 Å². The lowest BCUT2D eigenvalue weighted by Gasteiger charge is -2.21. The fourth-order valence-electron chi connectivity index (χ4n) is 1.08. The summed E-state index contributed by atoms with van der Waals surface area (Å²) >= 11 is 0. The molecule has 0 aromatic rings. The maximum Gasteiger partial charge on any atom is 0.255 e. The SMILES string of the molecule is CC1C(N)C(=O)N(C)N1C. The highest BCUT2D eigenvalue weighted by atomic mass is 16.2. The van der Waals surface area contributed by atoms with Crippen LogP contribution < -0.4 is 5.73 Å². The first kappa shape index (κ1) is 7.50. The fraction of sp³-hybridized carbons (Fsp3) is 0.833. The minimum atomic E-state index is -0.352. The Morgan fingerprint density at radius 1 is 1.50 bits per heavy atom. The number of carbonyl (C=O) groups is 1. The zero-order valence-corrected chi connectivity index (χ0v) is 6.53. The van der Waals surface area contributed by atoms with Crippen molar-refractivity contribution in [3.8, 4) is 0 Å². The predicted molar refractivity (Wildman–Crippen MR) is 38.0 cm³/mol. The molecule has 2 atom stereocenters. The van der Waals surface area contributed by atoms with Gasteiger partial charge in [-0.05, 0) is 6.92 Å². The molecule has 1 fully saturated rings. The van der Waals surface area contributed by atoms with Crippen LogP contribution in [0.15, 0.2) is 0 Å². The van der Waals surface area contributed by atoms with E-state index in [2.05, 4.69) is 0 Å². The minimum Gasteiger partial charge on any atom is -0.318 e. The van der Waals surface area contributed by atoms with E-state index >= 15 is 0 Å². The second-order valence-corrected chi connectivity index (χ2v) is 2.70. The molecule has 4 heteroatoms. The molecule has 0 radical (unpaired) electrons. The number of carbonyl (C=O) groups excluding carboxylic acids is 1. The first-order valence-corrected chi connectivity index (χ1v) is 3.31. The van der Waals surface area contributed by atoms with Gasteiger partial charge in [-0.1, -0.05) is 0 Å². The molecule has 0 bridgehead atoms. The van der Waals surface area contributed by atoms with Crippen LogP contribution in [0.25, 0.3) is 0 Å². The molecule has 1 rings (SSSR count). The monoisotopic (exact) mass is 143 g/mol. The van der Waals surface area contributed by atoms with Crippen molar-refractivity contribution >= 4 is 5.91 Å². The van der Waals surface area contributed by atoms with Crippen LogP contribution in [-0.2, 0) is 4.79 Å². The lowest BCUT2D eigenvalue weighted by atomic mass is 10.2. The lowest BCUT2D eigenvalue weighted by molar-refractivity contribution is -0.134. The normalized spacial score (nSPS) is 35.6. The van der Waals surface area contributed by atoms with Crippen molar-refractivity contribution in [1.82, 2.24) is 10.0 Å². The van der Waals surface area contributed by atoms with E-state index in [0.717, 1.165) is 0 Å². The van der Waals surface area contributed by atoms with E-state index in [1.54, 1.807) is 12.1 Å². The molecule has 0 aliphatic carbocycles. The van der Waals surface area contributed by atoms with Crippen molar-refractivity contribution in [2.24, 2.45) is 5.73 Å². The summed E-state index contributed by atoms with van der Waals surface area (Å²) in [6.45, 7) is 1.94. The van der Waals surface area contributed by atoms with E-state index in [-0.39, 0.29) is 18.0 Å². The van der Waals surface area contributed by atoms with Crippen LogP contribution in [0.4, 0.5) is 0 Å². The average Bonchev–Trinajstić information content (AvgIpc) is 2.07. The van der Waals surface area contributed by atoms with Gasteiger partial charge in [0, 0.05) is 14.1 Å². The van der Waals surface area contributed by atoms with Crippen LogP contribution in [0, 0.1) is 0 Å². The van der Waals surface area contributed by atoms with Crippen molar-refractivity contribution in [3.63, 3.8) is 0 Å². The van der Waals surface area contributed by atoms with Crippen molar-refractivity contribution in [2.45, 2.75) is 19.0 Å². The third-order valence-corrected chi connectivity index (χ3v) is 2.19. The molecular weight excluding hydrogens is 130 g/mol. The molecule has 0 aromatic carbocycles. The van der Waals surface area contributed by atoms with Gasteiger partial charge >= 0.3 is 0 Å². The zero-order valence-electron chi connectivity index (χ0n) is 6.53. The number of amides is 1. The van der Waals surface area contributed by atoms with Crippen molar-refractivity contribution in [1.29, 1.82) is 0 Å². The van der Waals surface area contributed by atoms with E-state index < -0.39 is 0 Å². The summed E-state index contributed by atoms with van der Waals surface area (Å²) < 4.78 is 0. The molecule has 2 unspecified atom stereocenters. The number of likely N-dealkylation sites (N-methyl/N-ethyl adjacent to an activating group) is 2. The van der Waals surface area contributed by atoms with Gasteiger partial charge in [0.1, 0.15) is 6.04 Å². The summed E-state index contributed by atoms with van der Waals surface area (Å²) in [5.41, 5.74) is 5.57. The van der Waals surface area contributed by atoms with Crippen LogP contribution in [0.2, 0.25) is 0 Å². The third-order valence-electron chi connectivity index (χ3n) is 2.19. The molecule has 58 valence electrons. The molecule has 4 nitrogen and oxygen atoms in total. The molecule has 1 saturated heterocycles. The van der Waals surface area contributed by atoms with Gasteiger partial charge in [-0.15, -0.1) is 0 Å². The predicted octanol–water partition coefficient (Wildman–Crippen LogP) is -0.979. The Balaban J connectivity index is 2.78. The molecule has 1 amide bonds. The number of hydrazine groups is 1. The average molecular weight is 143 g/mol. The first-order chi connectivity index (χ1) is 4.55. The van der Waals surface area contributed by atoms with E-state index in [9.17, 15) is 4.79 Å². The smallest absolute Gasteiger partial charge is 0.255 e. The number of hydrogen-bond acceptors (Lipinski definition) is 3. The van der Waals surface area contributed by atoms with Crippen molar-refractivity contribution in [3.05, 3.63) is 0 Å². The highest BCUT2D eigenvalue weighted by Crippen LogP contribution is 2.13. The molecule has 0 saturated carbocycles. The molecule has 1 aliphatic rings. The summed E-state index contributed by atoms with van der Waals surface area (Å²) in [5, 5.41) is 3.39. The van der Waals surface area contributed by atoms with E-state index in [1.165, 1.54) is 0 Å². The maximum atomic E-state index is 11.1. The van der Waals surface area contributed by atoms with Crippen LogP contribution >= 0.6 is 0 Å². The Labute approximate surface area is 60.5 Å². The largest absolute Gasteiger partial charge is 0.318 e. The Kier molecular flexibility index (Phi) is 1.66. The van der Waals surface area contributed by atoms with Crippen LogP contribution in [0.1, 0.15) is 6.92 Å². The van der Waals surface area contributed by atoms with Gasteiger partial charge in [-0.3, -0.25) is 9.80 Å². The van der Waals surface area contributed by atoms with Gasteiger partial charge in [0.2, 0.25) is 0 Å². The van der Waals surface area contributed by atoms with Gasteiger partial charge < -0.3 is 5.73 Å². The molecule has 0 spiro atoms. The van der Waals surface area contributed by atoms with Crippen LogP contribution in [0.5, 0.6) is 0 Å². The van der Waals surface area contributed by atoms with Gasteiger partial charge in [0.25, 0.3) is 5.91 Å². The van der Waals surface area contributed by atoms with Gasteiger partial charge in [-0.25, -0.2) is 5.01 Å². The highest BCUT2D eigenvalue weighted by molar-refractivity contribution is 5.83. The quantitative estimate of drug-likeness (QED) is 0.474. The Morgan fingerprint density at radius 2 is 2.00 bits per heavy atom. The minimum absolute atomic E-state index is 0.00463. The highest BCUT2D eigenvalue weighted by Gasteiger charge is 2.37. The molecule has 1 heterocycles. The maximum absolute atomic E-state index is 11.1. The second kappa shape index (κ2) is 2.21. The standard InChI is InChI=1S/C6H13N3O/c1-4-5(7)6(10)9(3)8(4)2/h4-5H,7H2,1-3H3. The second-order valence-electron chi connectivity index (χ2n) is 2.70. The molecule has 2 N–H and O–H groups in total. The molecule has 0 aromatic heterocycles. The summed E-state index contributed by atoms with van der Waals surface area (Å²) in [5.74, 6) is -0.00463. The topological polar surface area (TPSA) is 49.6 Å². The fourth-order valence-corrected chi connectivity index (χ4v) is 1.08. The summed E-state index contributed by atoms with van der Waals surface area (Å²) in [7, 11) is 3.58. The Bertz CT molecular complexity index is 143. The van der Waals surface area contributed by atoms with Gasteiger partial charge in [0.15, 0.2) is 0 Å². The lowest BCUT2D eigenvalue weighted by Crippen LogP contribution is -2.37. The molecular formula is C6H13N3O. The molecule has 10 heavy (non-hydrogen) atoms. The summed E-state index contributed by atoms with van der Waals surface area (Å²) in [6.07, 6.45) is 0. The Hall–Kier alpha value is -0.610. The van der Waals surface area contributed by atoms with E-state index in [1.807, 2.05) is 19.0 Å². The Morgan fingerprint density at radius 3 is 2.10 bits per heavy atom. The number of nitrogens with zero attached hydrogens (tertiary/aromatic N) is 2. The summed E-state index contributed by atoms with van der Waals surface area (Å²) in [4.78, 5) is 11.1. The van der Waals surface area contributed by atoms with Crippen LogP contribution in [-0.4, -0.2) is 42.1 Å². The van der Waals surface area contributed by atoms with Crippen LogP contribution in [0.3, 0.4) is 0 Å². The summed E-state index contributed by atoms with van der Waals surface area (Å²) in [6, 6.07) is -0.229. The van der Waals surface area contributed by atoms with Gasteiger partial charge in [-0.2, -0.15) is 0 Å². The number of hydrogen-bond donors (Lipinski definition) is 1. The molecule has 1 aliphatic heterocycles. The first-order valence-electron chi connectivity index (χ1n) is 3.31. The van der Waals surface area contributed by atoms with Crippen molar-refractivity contribution < 1.29 is 4.79 Å². The third kappa shape index (κ3) is 0.803. The van der Waals surface area contributed by atoms with Crippen molar-refractivity contribution in [2.75, 3.05) is 14.1 Å². The van der Waals surface area contributed by atoms with E-state index in [0.29, 0.717) is 0 Å². The number of nitrogens with two attached hydrogens (primary N) is 1. The van der Waals surface area contributed by atoms with Gasteiger partial charge in [0.05, 0.1) is 6.04 Å². The zero-order chi connectivity index (χ0) is 7.89. The number of rotatable bonds is 0.